The molecule has 1 unspecified atom stereocenters. The van der Waals surface area contributed by atoms with Crippen LogP contribution in [-0.4, -0.2) is 56.9 Å². The molecule has 4 heteroatoms. The highest BCUT2D eigenvalue weighted by Crippen LogP contribution is 2.22. The Bertz CT molecular complexity index is 462. The standard InChI is InChI=1S/C16H24N2O2/c1-17-7-6-14(9-17)10-18(2)11-15-8-13(12-19)4-5-16(15)20-3/h4-5,8,12,14H,6-7,9-11H2,1-3H3. The molecule has 1 aromatic carbocycles. The third-order valence-corrected chi connectivity index (χ3v) is 3.94. The summed E-state index contributed by atoms with van der Waals surface area (Å²) in [6.45, 7) is 4.27. The van der Waals surface area contributed by atoms with Gasteiger partial charge in [0, 0.05) is 30.8 Å². The Balaban J connectivity index is 1.99. The molecule has 0 radical (unpaired) electrons. The van der Waals surface area contributed by atoms with Crippen LogP contribution in [0.2, 0.25) is 0 Å². The van der Waals surface area contributed by atoms with Gasteiger partial charge < -0.3 is 14.5 Å². The minimum atomic E-state index is 0.704. The third-order valence-electron chi connectivity index (χ3n) is 3.94. The van der Waals surface area contributed by atoms with E-state index < -0.39 is 0 Å². The van der Waals surface area contributed by atoms with Crippen LogP contribution < -0.4 is 4.74 Å². The van der Waals surface area contributed by atoms with Gasteiger partial charge in [-0.05, 0) is 51.2 Å². The second kappa shape index (κ2) is 6.86. The molecule has 0 saturated carbocycles. The number of nitrogens with zero attached hydrogens (tertiary/aromatic N) is 2. The number of likely N-dealkylation sites (tertiary alicyclic amines) is 1. The van der Waals surface area contributed by atoms with E-state index in [9.17, 15) is 4.79 Å². The lowest BCUT2D eigenvalue weighted by Gasteiger charge is -2.22. The van der Waals surface area contributed by atoms with Crippen molar-refractivity contribution in [2.75, 3.05) is 40.8 Å². The van der Waals surface area contributed by atoms with E-state index in [0.29, 0.717) is 5.56 Å². The number of aldehydes is 1. The highest BCUT2D eigenvalue weighted by molar-refractivity contribution is 5.75. The summed E-state index contributed by atoms with van der Waals surface area (Å²) in [5.74, 6) is 1.59. The molecule has 0 spiro atoms. The molecule has 0 bridgehead atoms. The van der Waals surface area contributed by atoms with E-state index in [4.69, 9.17) is 4.74 Å². The first-order chi connectivity index (χ1) is 9.62. The summed E-state index contributed by atoms with van der Waals surface area (Å²) in [7, 11) is 5.98. The number of hydrogen-bond donors (Lipinski definition) is 0. The fourth-order valence-corrected chi connectivity index (χ4v) is 2.97. The van der Waals surface area contributed by atoms with Gasteiger partial charge in [0.15, 0.2) is 0 Å². The average Bonchev–Trinajstić information content (AvgIpc) is 2.83. The van der Waals surface area contributed by atoms with Gasteiger partial charge in [-0.15, -0.1) is 0 Å². The van der Waals surface area contributed by atoms with Crippen molar-refractivity contribution in [1.82, 2.24) is 9.80 Å². The van der Waals surface area contributed by atoms with Crippen molar-refractivity contribution in [1.29, 1.82) is 0 Å². The maximum absolute atomic E-state index is 10.9. The quantitative estimate of drug-likeness (QED) is 0.743. The van der Waals surface area contributed by atoms with Crippen molar-refractivity contribution in [3.63, 3.8) is 0 Å². The number of ether oxygens (including phenoxy) is 1. The zero-order valence-electron chi connectivity index (χ0n) is 12.6. The summed E-state index contributed by atoms with van der Waals surface area (Å²) in [6.07, 6.45) is 2.15. The number of rotatable bonds is 6. The molecule has 0 aliphatic carbocycles. The lowest BCUT2D eigenvalue weighted by atomic mass is 10.1. The van der Waals surface area contributed by atoms with Gasteiger partial charge in [-0.1, -0.05) is 0 Å². The van der Waals surface area contributed by atoms with E-state index >= 15 is 0 Å². The van der Waals surface area contributed by atoms with E-state index in [1.165, 1.54) is 19.5 Å². The highest BCUT2D eigenvalue weighted by atomic mass is 16.5. The van der Waals surface area contributed by atoms with Gasteiger partial charge in [0.25, 0.3) is 0 Å². The normalized spacial score (nSPS) is 19.5. The minimum Gasteiger partial charge on any atom is -0.496 e. The van der Waals surface area contributed by atoms with Gasteiger partial charge >= 0.3 is 0 Å². The fourth-order valence-electron chi connectivity index (χ4n) is 2.97. The smallest absolute Gasteiger partial charge is 0.150 e. The van der Waals surface area contributed by atoms with Gasteiger partial charge in [-0.3, -0.25) is 4.79 Å². The Morgan fingerprint density at radius 1 is 1.50 bits per heavy atom. The number of hydrogen-bond acceptors (Lipinski definition) is 4. The molecule has 1 aliphatic heterocycles. The summed E-state index contributed by atoms with van der Waals surface area (Å²) in [6, 6.07) is 5.58. The molecule has 0 amide bonds. The molecule has 2 rings (SSSR count). The van der Waals surface area contributed by atoms with Crippen molar-refractivity contribution in [2.45, 2.75) is 13.0 Å². The summed E-state index contributed by atoms with van der Waals surface area (Å²) in [4.78, 5) is 15.6. The predicted molar refractivity (Wildman–Crippen MR) is 80.3 cm³/mol. The monoisotopic (exact) mass is 276 g/mol. The largest absolute Gasteiger partial charge is 0.496 e. The van der Waals surface area contributed by atoms with Crippen LogP contribution in [-0.2, 0) is 6.54 Å². The second-order valence-electron chi connectivity index (χ2n) is 5.80. The van der Waals surface area contributed by atoms with Gasteiger partial charge in [0.05, 0.1) is 7.11 Å². The molecule has 1 fully saturated rings. The SMILES string of the molecule is COc1ccc(C=O)cc1CN(C)CC1CCN(C)C1. The van der Waals surface area contributed by atoms with E-state index in [2.05, 4.69) is 23.9 Å². The molecule has 110 valence electrons. The van der Waals surface area contributed by atoms with E-state index in [1.54, 1.807) is 13.2 Å². The van der Waals surface area contributed by atoms with Crippen LogP contribution in [0.5, 0.6) is 5.75 Å². The Morgan fingerprint density at radius 2 is 2.30 bits per heavy atom. The van der Waals surface area contributed by atoms with Crippen LogP contribution in [0.3, 0.4) is 0 Å². The zero-order valence-corrected chi connectivity index (χ0v) is 12.6. The molecule has 4 nitrogen and oxygen atoms in total. The maximum atomic E-state index is 10.9. The van der Waals surface area contributed by atoms with Crippen molar-refractivity contribution in [2.24, 2.45) is 5.92 Å². The summed E-state index contributed by atoms with van der Waals surface area (Å²) in [5.41, 5.74) is 1.78. The number of benzene rings is 1. The van der Waals surface area contributed by atoms with E-state index in [-0.39, 0.29) is 0 Å². The van der Waals surface area contributed by atoms with E-state index in [0.717, 1.165) is 36.6 Å². The van der Waals surface area contributed by atoms with Crippen LogP contribution in [0, 0.1) is 5.92 Å². The van der Waals surface area contributed by atoms with Crippen LogP contribution >= 0.6 is 0 Å². The Morgan fingerprint density at radius 3 is 2.90 bits per heavy atom. The highest BCUT2D eigenvalue weighted by Gasteiger charge is 2.21. The Kier molecular flexibility index (Phi) is 5.15. The van der Waals surface area contributed by atoms with Gasteiger partial charge in [0.2, 0.25) is 0 Å². The van der Waals surface area contributed by atoms with Gasteiger partial charge in [-0.25, -0.2) is 0 Å². The summed E-state index contributed by atoms with van der Waals surface area (Å²) >= 11 is 0. The van der Waals surface area contributed by atoms with Crippen molar-refractivity contribution in [3.05, 3.63) is 29.3 Å². The topological polar surface area (TPSA) is 32.8 Å². The maximum Gasteiger partial charge on any atom is 0.150 e. The molecular weight excluding hydrogens is 252 g/mol. The predicted octanol–water partition coefficient (Wildman–Crippen LogP) is 1.89. The molecule has 0 aromatic heterocycles. The minimum absolute atomic E-state index is 0.704. The van der Waals surface area contributed by atoms with Crippen LogP contribution in [0.4, 0.5) is 0 Å². The van der Waals surface area contributed by atoms with Crippen molar-refractivity contribution < 1.29 is 9.53 Å². The third kappa shape index (κ3) is 3.81. The average molecular weight is 276 g/mol. The van der Waals surface area contributed by atoms with Crippen molar-refractivity contribution >= 4 is 6.29 Å². The Hall–Kier alpha value is -1.39. The van der Waals surface area contributed by atoms with Crippen LogP contribution in [0.25, 0.3) is 0 Å². The zero-order chi connectivity index (χ0) is 14.5. The Labute approximate surface area is 121 Å². The molecule has 1 aromatic rings. The van der Waals surface area contributed by atoms with Gasteiger partial charge in [-0.2, -0.15) is 0 Å². The van der Waals surface area contributed by atoms with E-state index in [1.807, 2.05) is 12.1 Å². The lowest BCUT2D eigenvalue weighted by Crippen LogP contribution is -2.27. The van der Waals surface area contributed by atoms with Crippen LogP contribution in [0.15, 0.2) is 18.2 Å². The molecular formula is C16H24N2O2. The molecule has 20 heavy (non-hydrogen) atoms. The summed E-state index contributed by atoms with van der Waals surface area (Å²) in [5, 5.41) is 0. The first-order valence-electron chi connectivity index (χ1n) is 7.11. The molecule has 1 saturated heterocycles. The lowest BCUT2D eigenvalue weighted by molar-refractivity contribution is 0.112. The number of carbonyl (C=O) groups is 1. The molecule has 1 atom stereocenters. The molecule has 1 aliphatic rings. The number of methoxy groups -OCH3 is 1. The van der Waals surface area contributed by atoms with Gasteiger partial charge in [0.1, 0.15) is 12.0 Å². The second-order valence-corrected chi connectivity index (χ2v) is 5.80. The summed E-state index contributed by atoms with van der Waals surface area (Å²) < 4.78 is 5.38. The first-order valence-corrected chi connectivity index (χ1v) is 7.11. The fraction of sp³-hybridized carbons (Fsp3) is 0.562. The molecule has 0 N–H and O–H groups in total. The molecule has 1 heterocycles. The number of carbonyl (C=O) groups excluding carboxylic acids is 1. The van der Waals surface area contributed by atoms with Crippen LogP contribution in [0.1, 0.15) is 22.3 Å². The first kappa shape index (κ1) is 15.0. The van der Waals surface area contributed by atoms with Crippen molar-refractivity contribution in [3.8, 4) is 5.75 Å².